The summed E-state index contributed by atoms with van der Waals surface area (Å²) >= 11 is 11.3. The summed E-state index contributed by atoms with van der Waals surface area (Å²) in [6, 6.07) is 12.0. The zero-order valence-corrected chi connectivity index (χ0v) is 15.8. The van der Waals surface area contributed by atoms with Crippen molar-refractivity contribution in [1.82, 2.24) is 4.90 Å². The number of anilines is 1. The van der Waals surface area contributed by atoms with Crippen LogP contribution in [0.2, 0.25) is 5.02 Å². The first kappa shape index (κ1) is 19.9. The van der Waals surface area contributed by atoms with Gasteiger partial charge in [-0.1, -0.05) is 23.7 Å². The van der Waals surface area contributed by atoms with Crippen LogP contribution in [-0.4, -0.2) is 28.2 Å². The highest BCUT2D eigenvalue weighted by Gasteiger charge is 2.37. The van der Waals surface area contributed by atoms with Gasteiger partial charge in [0.1, 0.15) is 0 Å². The Balaban J connectivity index is 1.65. The van der Waals surface area contributed by atoms with Crippen molar-refractivity contribution in [3.8, 4) is 0 Å². The van der Waals surface area contributed by atoms with Crippen LogP contribution in [0.15, 0.2) is 48.5 Å². The van der Waals surface area contributed by atoms with Gasteiger partial charge < -0.3 is 15.3 Å². The molecule has 1 aliphatic heterocycles. The molecule has 1 heterocycles. The number of hydrogen-bond donors (Lipinski definition) is 2. The molecule has 0 bridgehead atoms. The van der Waals surface area contributed by atoms with Gasteiger partial charge in [-0.15, -0.1) is 0 Å². The monoisotopic (exact) mass is 414 g/mol. The molecule has 3 nitrogen and oxygen atoms in total. The average molecular weight is 415 g/mol. The van der Waals surface area contributed by atoms with Gasteiger partial charge in [0.15, 0.2) is 5.11 Å². The molecule has 0 atom stereocenters. The Hall–Kier alpha value is -1.83. The maximum absolute atomic E-state index is 12.9. The zero-order chi connectivity index (χ0) is 19.7. The second-order valence-corrected chi connectivity index (χ2v) is 7.36. The molecular weight excluding hydrogens is 397 g/mol. The summed E-state index contributed by atoms with van der Waals surface area (Å²) in [4.78, 5) is 1.89. The number of thiocarbonyl (C=S) groups is 1. The van der Waals surface area contributed by atoms with Crippen molar-refractivity contribution in [2.45, 2.75) is 24.6 Å². The Morgan fingerprint density at radius 2 is 1.74 bits per heavy atom. The van der Waals surface area contributed by atoms with E-state index in [2.05, 4.69) is 5.32 Å². The fraction of sp³-hybridized carbons (Fsp3) is 0.316. The molecule has 2 N–H and O–H groups in total. The van der Waals surface area contributed by atoms with Crippen LogP contribution < -0.4 is 5.32 Å². The zero-order valence-electron chi connectivity index (χ0n) is 14.3. The SMILES string of the molecule is OC1(c2cccc(C(F)(F)F)c2)CCN(C(=S)Nc2ccc(Cl)cc2)CC1. The van der Waals surface area contributed by atoms with Crippen LogP contribution in [0.1, 0.15) is 24.0 Å². The van der Waals surface area contributed by atoms with Gasteiger partial charge in [-0.05, 0) is 67.0 Å². The van der Waals surface area contributed by atoms with E-state index < -0.39 is 17.3 Å². The van der Waals surface area contributed by atoms with E-state index in [1.54, 1.807) is 24.3 Å². The van der Waals surface area contributed by atoms with Gasteiger partial charge in [0.25, 0.3) is 0 Å². The highest BCUT2D eigenvalue weighted by atomic mass is 35.5. The molecule has 0 aromatic heterocycles. The first-order valence-electron chi connectivity index (χ1n) is 8.39. The summed E-state index contributed by atoms with van der Waals surface area (Å²) in [7, 11) is 0. The lowest BCUT2D eigenvalue weighted by molar-refractivity contribution is -0.137. The van der Waals surface area contributed by atoms with E-state index in [1.807, 2.05) is 4.90 Å². The highest BCUT2D eigenvalue weighted by molar-refractivity contribution is 7.80. The minimum atomic E-state index is -4.43. The van der Waals surface area contributed by atoms with Gasteiger partial charge in [-0.2, -0.15) is 13.2 Å². The van der Waals surface area contributed by atoms with Gasteiger partial charge in [-0.3, -0.25) is 0 Å². The van der Waals surface area contributed by atoms with Crippen molar-refractivity contribution in [2.24, 2.45) is 0 Å². The molecule has 3 rings (SSSR count). The molecule has 2 aromatic carbocycles. The lowest BCUT2D eigenvalue weighted by Gasteiger charge is -2.39. The first-order chi connectivity index (χ1) is 12.7. The Labute approximate surface area is 165 Å². The van der Waals surface area contributed by atoms with E-state index in [0.29, 0.717) is 23.2 Å². The third-order valence-electron chi connectivity index (χ3n) is 4.70. The van der Waals surface area contributed by atoms with Gasteiger partial charge >= 0.3 is 6.18 Å². The van der Waals surface area contributed by atoms with Gasteiger partial charge in [0.05, 0.1) is 11.2 Å². The molecule has 0 radical (unpaired) electrons. The van der Waals surface area contributed by atoms with E-state index >= 15 is 0 Å². The Bertz CT molecular complexity index is 818. The fourth-order valence-electron chi connectivity index (χ4n) is 3.09. The van der Waals surface area contributed by atoms with E-state index in [-0.39, 0.29) is 18.4 Å². The average Bonchev–Trinajstić information content (AvgIpc) is 2.63. The highest BCUT2D eigenvalue weighted by Crippen LogP contribution is 2.36. The van der Waals surface area contributed by atoms with E-state index in [0.717, 1.165) is 17.8 Å². The van der Waals surface area contributed by atoms with Crippen molar-refractivity contribution >= 4 is 34.6 Å². The molecule has 0 saturated carbocycles. The summed E-state index contributed by atoms with van der Waals surface area (Å²) in [5, 5.41) is 15.1. The largest absolute Gasteiger partial charge is 0.416 e. The molecule has 0 unspecified atom stereocenters. The first-order valence-corrected chi connectivity index (χ1v) is 9.18. The Morgan fingerprint density at radius 3 is 2.33 bits per heavy atom. The minimum Gasteiger partial charge on any atom is -0.385 e. The standard InChI is InChI=1S/C19H18ClF3N2OS/c20-15-4-6-16(7-5-15)24-17(27)25-10-8-18(26,9-11-25)13-2-1-3-14(12-13)19(21,22)23/h1-7,12,26H,8-11H2,(H,24,27). The summed E-state index contributed by atoms with van der Waals surface area (Å²) < 4.78 is 38.8. The smallest absolute Gasteiger partial charge is 0.385 e. The second-order valence-electron chi connectivity index (χ2n) is 6.53. The summed E-state index contributed by atoms with van der Waals surface area (Å²) in [6.07, 6.45) is -3.86. The van der Waals surface area contributed by atoms with Gasteiger partial charge in [-0.25, -0.2) is 0 Å². The van der Waals surface area contributed by atoms with Crippen molar-refractivity contribution in [3.63, 3.8) is 0 Å². The number of hydrogen-bond acceptors (Lipinski definition) is 2. The van der Waals surface area contributed by atoms with Crippen molar-refractivity contribution in [3.05, 3.63) is 64.7 Å². The maximum atomic E-state index is 12.9. The number of likely N-dealkylation sites (tertiary alicyclic amines) is 1. The number of halogens is 4. The predicted octanol–water partition coefficient (Wildman–Crippen LogP) is 5.04. The van der Waals surface area contributed by atoms with Crippen LogP contribution in [0.25, 0.3) is 0 Å². The van der Waals surface area contributed by atoms with Crippen molar-refractivity contribution in [2.75, 3.05) is 18.4 Å². The van der Waals surface area contributed by atoms with E-state index in [4.69, 9.17) is 23.8 Å². The number of nitrogens with one attached hydrogen (secondary N) is 1. The van der Waals surface area contributed by atoms with Crippen LogP contribution >= 0.6 is 23.8 Å². The van der Waals surface area contributed by atoms with Crippen LogP contribution in [0.3, 0.4) is 0 Å². The Kier molecular flexibility index (Phi) is 5.65. The number of benzene rings is 2. The molecule has 2 aromatic rings. The van der Waals surface area contributed by atoms with E-state index in [1.165, 1.54) is 12.1 Å². The van der Waals surface area contributed by atoms with Gasteiger partial charge in [0, 0.05) is 23.8 Å². The molecule has 8 heteroatoms. The number of nitrogens with zero attached hydrogens (tertiary/aromatic N) is 1. The number of piperidine rings is 1. The molecular formula is C19H18ClF3N2OS. The summed E-state index contributed by atoms with van der Waals surface area (Å²) in [5.74, 6) is 0. The molecule has 1 aliphatic rings. The van der Waals surface area contributed by atoms with Gasteiger partial charge in [0.2, 0.25) is 0 Å². The number of alkyl halides is 3. The molecule has 0 aliphatic carbocycles. The van der Waals surface area contributed by atoms with Crippen molar-refractivity contribution in [1.29, 1.82) is 0 Å². The third kappa shape index (κ3) is 4.72. The van der Waals surface area contributed by atoms with Crippen LogP contribution in [0, 0.1) is 0 Å². The molecule has 1 saturated heterocycles. The van der Waals surface area contributed by atoms with Crippen LogP contribution in [-0.2, 0) is 11.8 Å². The molecule has 144 valence electrons. The maximum Gasteiger partial charge on any atom is 0.416 e. The molecule has 0 spiro atoms. The minimum absolute atomic E-state index is 0.286. The molecule has 1 fully saturated rings. The number of aliphatic hydroxyl groups is 1. The second kappa shape index (κ2) is 7.66. The lowest BCUT2D eigenvalue weighted by atomic mass is 9.84. The molecule has 27 heavy (non-hydrogen) atoms. The van der Waals surface area contributed by atoms with Crippen LogP contribution in [0.5, 0.6) is 0 Å². The van der Waals surface area contributed by atoms with Crippen LogP contribution in [0.4, 0.5) is 18.9 Å². The lowest BCUT2D eigenvalue weighted by Crippen LogP contribution is -2.46. The topological polar surface area (TPSA) is 35.5 Å². The third-order valence-corrected chi connectivity index (χ3v) is 5.31. The Morgan fingerprint density at radius 1 is 1.11 bits per heavy atom. The predicted molar refractivity (Wildman–Crippen MR) is 104 cm³/mol. The summed E-state index contributed by atoms with van der Waals surface area (Å²) in [6.45, 7) is 0.873. The van der Waals surface area contributed by atoms with Crippen molar-refractivity contribution < 1.29 is 18.3 Å². The van der Waals surface area contributed by atoms with E-state index in [9.17, 15) is 18.3 Å². The normalized spacial score (nSPS) is 16.9. The quantitative estimate of drug-likeness (QED) is 0.675. The molecule has 0 amide bonds. The fourth-order valence-corrected chi connectivity index (χ4v) is 3.52. The summed E-state index contributed by atoms with van der Waals surface area (Å²) in [5.41, 5.74) is -0.972. The number of rotatable bonds is 2.